The van der Waals surface area contributed by atoms with Gasteiger partial charge in [0.05, 0.1) is 10.8 Å². The summed E-state index contributed by atoms with van der Waals surface area (Å²) in [6.07, 6.45) is 1.67. The van der Waals surface area contributed by atoms with Crippen molar-refractivity contribution in [2.75, 3.05) is 6.26 Å². The van der Waals surface area contributed by atoms with Crippen LogP contribution in [0.2, 0.25) is 0 Å². The first-order valence-electron chi connectivity index (χ1n) is 3.81. The van der Waals surface area contributed by atoms with Crippen molar-refractivity contribution in [3.63, 3.8) is 0 Å². The van der Waals surface area contributed by atoms with Gasteiger partial charge in [0.1, 0.15) is 0 Å². The summed E-state index contributed by atoms with van der Waals surface area (Å²) < 4.78 is 11.2. The lowest BCUT2D eigenvalue weighted by molar-refractivity contribution is 0.683. The number of rotatable bonds is 2. The van der Waals surface area contributed by atoms with Gasteiger partial charge < -0.3 is 5.73 Å². The number of nitrogens with two attached hydrogens (primary N) is 1. The van der Waals surface area contributed by atoms with Crippen molar-refractivity contribution in [2.24, 2.45) is 5.73 Å². The Morgan fingerprint density at radius 2 is 2.00 bits per heavy atom. The van der Waals surface area contributed by atoms with Gasteiger partial charge in [-0.3, -0.25) is 4.21 Å². The summed E-state index contributed by atoms with van der Waals surface area (Å²) in [5.74, 6) is 0. The molecule has 0 spiro atoms. The summed E-state index contributed by atoms with van der Waals surface area (Å²) in [6.45, 7) is 1.89. The Balaban J connectivity index is 3.17. The molecule has 2 nitrogen and oxygen atoms in total. The summed E-state index contributed by atoms with van der Waals surface area (Å²) in [7, 11) is -0.941. The van der Waals surface area contributed by atoms with Gasteiger partial charge in [-0.25, -0.2) is 0 Å². The maximum absolute atomic E-state index is 11.2. The van der Waals surface area contributed by atoms with Crippen LogP contribution < -0.4 is 5.73 Å². The Morgan fingerprint density at radius 3 is 2.42 bits per heavy atom. The van der Waals surface area contributed by atoms with Crippen LogP contribution in [0.3, 0.4) is 0 Å². The average molecular weight is 183 g/mol. The highest BCUT2D eigenvalue weighted by Crippen LogP contribution is 2.17. The lowest BCUT2D eigenvalue weighted by Gasteiger charge is -2.09. The average Bonchev–Trinajstić information content (AvgIpc) is 2.04. The maximum atomic E-state index is 11.2. The van der Waals surface area contributed by atoms with Gasteiger partial charge in [-0.05, 0) is 18.6 Å². The normalized spacial score (nSPS) is 15.6. The number of benzene rings is 1. The van der Waals surface area contributed by atoms with E-state index in [1.807, 2.05) is 31.2 Å². The highest BCUT2D eigenvalue weighted by atomic mass is 32.2. The molecular weight excluding hydrogens is 170 g/mol. The molecule has 0 amide bonds. The molecule has 2 unspecified atom stereocenters. The van der Waals surface area contributed by atoms with E-state index in [-0.39, 0.29) is 6.04 Å². The second kappa shape index (κ2) is 3.83. The molecule has 12 heavy (non-hydrogen) atoms. The van der Waals surface area contributed by atoms with Crippen molar-refractivity contribution in [3.8, 4) is 0 Å². The van der Waals surface area contributed by atoms with Crippen LogP contribution in [-0.4, -0.2) is 10.5 Å². The van der Waals surface area contributed by atoms with E-state index in [2.05, 4.69) is 0 Å². The highest BCUT2D eigenvalue weighted by Gasteiger charge is 2.07. The van der Waals surface area contributed by atoms with E-state index in [1.54, 1.807) is 6.26 Å². The third-order valence-electron chi connectivity index (χ3n) is 1.72. The zero-order chi connectivity index (χ0) is 9.14. The molecule has 0 aliphatic carbocycles. The van der Waals surface area contributed by atoms with Gasteiger partial charge in [0, 0.05) is 17.2 Å². The van der Waals surface area contributed by atoms with Crippen LogP contribution in [0.1, 0.15) is 18.5 Å². The quantitative estimate of drug-likeness (QED) is 0.754. The Bertz CT molecular complexity index is 296. The molecule has 66 valence electrons. The van der Waals surface area contributed by atoms with Gasteiger partial charge in [0.15, 0.2) is 0 Å². The van der Waals surface area contributed by atoms with E-state index < -0.39 is 10.8 Å². The minimum absolute atomic E-state index is 0.0508. The molecule has 1 aromatic carbocycles. The predicted octanol–water partition coefficient (Wildman–Crippen LogP) is 1.44. The maximum Gasteiger partial charge on any atom is 0.0501 e. The van der Waals surface area contributed by atoms with Crippen molar-refractivity contribution in [3.05, 3.63) is 29.8 Å². The van der Waals surface area contributed by atoms with Crippen molar-refractivity contribution in [1.29, 1.82) is 0 Å². The third kappa shape index (κ3) is 1.93. The Hall–Kier alpha value is -0.670. The molecule has 0 bridgehead atoms. The molecule has 0 saturated carbocycles. The van der Waals surface area contributed by atoms with Crippen molar-refractivity contribution in [2.45, 2.75) is 17.9 Å². The Kier molecular flexibility index (Phi) is 3.00. The van der Waals surface area contributed by atoms with Gasteiger partial charge in [-0.2, -0.15) is 0 Å². The minimum Gasteiger partial charge on any atom is -0.324 e. The molecule has 1 rings (SSSR count). The van der Waals surface area contributed by atoms with Gasteiger partial charge in [-0.1, -0.05) is 18.2 Å². The summed E-state index contributed by atoms with van der Waals surface area (Å²) in [5, 5.41) is 0. The fraction of sp³-hybridized carbons (Fsp3) is 0.333. The lowest BCUT2D eigenvalue weighted by atomic mass is 10.1. The van der Waals surface area contributed by atoms with Gasteiger partial charge in [-0.15, -0.1) is 0 Å². The topological polar surface area (TPSA) is 43.1 Å². The summed E-state index contributed by atoms with van der Waals surface area (Å²) in [5.41, 5.74) is 6.69. The molecule has 0 aliphatic rings. The fourth-order valence-electron chi connectivity index (χ4n) is 1.12. The largest absolute Gasteiger partial charge is 0.324 e. The summed E-state index contributed by atoms with van der Waals surface area (Å²) in [4.78, 5) is 0.840. The molecule has 0 saturated heterocycles. The lowest BCUT2D eigenvalue weighted by Crippen LogP contribution is -2.08. The Morgan fingerprint density at radius 1 is 1.42 bits per heavy atom. The van der Waals surface area contributed by atoms with Crippen LogP contribution in [0.15, 0.2) is 29.2 Å². The molecule has 0 radical (unpaired) electrons. The minimum atomic E-state index is -0.941. The monoisotopic (exact) mass is 183 g/mol. The molecule has 1 aromatic rings. The standard InChI is InChI=1S/C9H13NOS/c1-7(10)8-5-3-4-6-9(8)12(2)11/h3-7H,10H2,1-2H3. The molecule has 0 fully saturated rings. The molecule has 2 N–H and O–H groups in total. The first-order chi connectivity index (χ1) is 5.63. The second-order valence-electron chi connectivity index (χ2n) is 2.78. The highest BCUT2D eigenvalue weighted by molar-refractivity contribution is 7.84. The van der Waals surface area contributed by atoms with Crippen molar-refractivity contribution >= 4 is 10.8 Å². The van der Waals surface area contributed by atoms with Gasteiger partial charge in [0.2, 0.25) is 0 Å². The van der Waals surface area contributed by atoms with Crippen LogP contribution in [0.5, 0.6) is 0 Å². The van der Waals surface area contributed by atoms with E-state index in [1.165, 1.54) is 0 Å². The summed E-state index contributed by atoms with van der Waals surface area (Å²) in [6, 6.07) is 7.51. The van der Waals surface area contributed by atoms with Crippen molar-refractivity contribution in [1.82, 2.24) is 0 Å². The fourth-order valence-corrected chi connectivity index (χ4v) is 1.97. The van der Waals surface area contributed by atoms with E-state index in [9.17, 15) is 4.21 Å². The first kappa shape index (κ1) is 9.42. The molecule has 2 atom stereocenters. The summed E-state index contributed by atoms with van der Waals surface area (Å²) >= 11 is 0. The van der Waals surface area contributed by atoms with Crippen molar-refractivity contribution < 1.29 is 4.21 Å². The van der Waals surface area contributed by atoms with E-state index >= 15 is 0 Å². The molecular formula is C9H13NOS. The first-order valence-corrected chi connectivity index (χ1v) is 5.36. The number of hydrogen-bond donors (Lipinski definition) is 1. The molecule has 0 aromatic heterocycles. The van der Waals surface area contributed by atoms with Gasteiger partial charge >= 0.3 is 0 Å². The molecule has 0 heterocycles. The van der Waals surface area contributed by atoms with E-state index in [0.29, 0.717) is 0 Å². The third-order valence-corrected chi connectivity index (χ3v) is 2.71. The zero-order valence-electron chi connectivity index (χ0n) is 7.28. The van der Waals surface area contributed by atoms with Crippen LogP contribution in [0.4, 0.5) is 0 Å². The van der Waals surface area contributed by atoms with Crippen LogP contribution in [0, 0.1) is 0 Å². The van der Waals surface area contributed by atoms with E-state index in [4.69, 9.17) is 5.73 Å². The number of hydrogen-bond acceptors (Lipinski definition) is 2. The van der Waals surface area contributed by atoms with Crippen LogP contribution >= 0.6 is 0 Å². The Labute approximate surface area is 75.2 Å². The predicted molar refractivity (Wildman–Crippen MR) is 51.4 cm³/mol. The molecule has 3 heteroatoms. The zero-order valence-corrected chi connectivity index (χ0v) is 8.10. The molecule has 0 aliphatic heterocycles. The van der Waals surface area contributed by atoms with Crippen LogP contribution in [-0.2, 0) is 10.8 Å². The van der Waals surface area contributed by atoms with Crippen LogP contribution in [0.25, 0.3) is 0 Å². The van der Waals surface area contributed by atoms with Gasteiger partial charge in [0.25, 0.3) is 0 Å². The SMILES string of the molecule is CC(N)c1ccccc1S(C)=O. The second-order valence-corrected chi connectivity index (χ2v) is 4.13. The smallest absolute Gasteiger partial charge is 0.0501 e. The van der Waals surface area contributed by atoms with E-state index in [0.717, 1.165) is 10.5 Å².